The van der Waals surface area contributed by atoms with Crippen LogP contribution < -0.4 is 10.6 Å². The molecule has 0 radical (unpaired) electrons. The number of aliphatic hydroxyl groups excluding tert-OH is 1. The molecule has 0 aliphatic heterocycles. The van der Waals surface area contributed by atoms with Crippen molar-refractivity contribution in [3.8, 4) is 0 Å². The summed E-state index contributed by atoms with van der Waals surface area (Å²) in [5.74, 6) is 0.801. The average molecular weight is 303 g/mol. The van der Waals surface area contributed by atoms with Crippen LogP contribution in [0, 0.1) is 0 Å². The fourth-order valence-corrected chi connectivity index (χ4v) is 2.23. The van der Waals surface area contributed by atoms with Gasteiger partial charge in [0.15, 0.2) is 5.96 Å². The Morgan fingerprint density at radius 2 is 1.91 bits per heavy atom. The van der Waals surface area contributed by atoms with Crippen LogP contribution in [0.25, 0.3) is 0 Å². The Bertz CT molecular complexity index is 498. The van der Waals surface area contributed by atoms with E-state index in [9.17, 15) is 5.11 Å². The van der Waals surface area contributed by atoms with Gasteiger partial charge >= 0.3 is 0 Å². The van der Waals surface area contributed by atoms with Gasteiger partial charge in [-0.25, -0.2) is 0 Å². The lowest BCUT2D eigenvalue weighted by Gasteiger charge is -2.20. The first kappa shape index (κ1) is 16.8. The largest absolute Gasteiger partial charge is 0.386 e. The summed E-state index contributed by atoms with van der Waals surface area (Å²) < 4.78 is 0. The van der Waals surface area contributed by atoms with E-state index >= 15 is 0 Å². The second kappa shape index (κ2) is 7.14. The number of benzene rings is 1. The van der Waals surface area contributed by atoms with E-state index in [4.69, 9.17) is 0 Å². The Hall–Kier alpha value is -1.55. The van der Waals surface area contributed by atoms with Crippen LogP contribution in [0.3, 0.4) is 0 Å². The normalized spacial score (nSPS) is 17.2. The summed E-state index contributed by atoms with van der Waals surface area (Å²) in [7, 11) is 0. The number of aliphatic hydroxyl groups is 1. The minimum atomic E-state index is -0.566. The van der Waals surface area contributed by atoms with Crippen molar-refractivity contribution < 1.29 is 5.11 Å². The molecule has 122 valence electrons. The van der Waals surface area contributed by atoms with Crippen LogP contribution >= 0.6 is 0 Å². The topological polar surface area (TPSA) is 56.7 Å². The molecule has 1 aliphatic rings. The van der Waals surface area contributed by atoms with E-state index in [-0.39, 0.29) is 5.41 Å². The van der Waals surface area contributed by atoms with Gasteiger partial charge in [-0.3, -0.25) is 4.99 Å². The van der Waals surface area contributed by atoms with Crippen LogP contribution in [0.4, 0.5) is 0 Å². The summed E-state index contributed by atoms with van der Waals surface area (Å²) in [6.45, 7) is 9.82. The molecule has 0 aromatic heterocycles. The lowest BCUT2D eigenvalue weighted by atomic mass is 9.86. The van der Waals surface area contributed by atoms with Crippen LogP contribution in [0.1, 0.15) is 57.8 Å². The van der Waals surface area contributed by atoms with Crippen LogP contribution in [-0.2, 0) is 5.41 Å². The summed E-state index contributed by atoms with van der Waals surface area (Å²) in [6.07, 6.45) is 1.85. The Kier molecular flexibility index (Phi) is 5.46. The predicted molar refractivity (Wildman–Crippen MR) is 92.2 cm³/mol. The minimum Gasteiger partial charge on any atom is -0.386 e. The average Bonchev–Trinajstić information content (AvgIpc) is 3.28. The van der Waals surface area contributed by atoms with Crippen LogP contribution in [0.2, 0.25) is 0 Å². The maximum absolute atomic E-state index is 10.3. The number of rotatable bonds is 5. The molecular weight excluding hydrogens is 274 g/mol. The van der Waals surface area contributed by atoms with Gasteiger partial charge in [0.25, 0.3) is 0 Å². The molecule has 1 aromatic carbocycles. The first-order chi connectivity index (χ1) is 10.4. The maximum atomic E-state index is 10.3. The molecule has 3 N–H and O–H groups in total. The van der Waals surface area contributed by atoms with Gasteiger partial charge in [-0.2, -0.15) is 0 Å². The molecule has 1 saturated carbocycles. The Labute approximate surface area is 134 Å². The van der Waals surface area contributed by atoms with Crippen molar-refractivity contribution >= 4 is 5.96 Å². The second-order valence-corrected chi connectivity index (χ2v) is 7.03. The molecule has 22 heavy (non-hydrogen) atoms. The maximum Gasteiger partial charge on any atom is 0.191 e. The third-order valence-corrected chi connectivity index (χ3v) is 3.85. The van der Waals surface area contributed by atoms with E-state index in [1.807, 2.05) is 19.1 Å². The van der Waals surface area contributed by atoms with Crippen molar-refractivity contribution in [1.82, 2.24) is 10.6 Å². The molecule has 1 fully saturated rings. The van der Waals surface area contributed by atoms with Crippen LogP contribution in [-0.4, -0.2) is 30.2 Å². The highest BCUT2D eigenvalue weighted by Gasteiger charge is 2.22. The second-order valence-electron chi connectivity index (χ2n) is 7.03. The van der Waals surface area contributed by atoms with E-state index in [0.717, 1.165) is 18.1 Å². The highest BCUT2D eigenvalue weighted by Crippen LogP contribution is 2.24. The number of guanidine groups is 1. The van der Waals surface area contributed by atoms with Gasteiger partial charge in [-0.05, 0) is 36.3 Å². The zero-order valence-corrected chi connectivity index (χ0v) is 14.2. The summed E-state index contributed by atoms with van der Waals surface area (Å²) in [4.78, 5) is 4.49. The number of aliphatic imine (C=N–C) groups is 1. The SMILES string of the molecule is CCNC(=NCC(O)c1ccc(C(C)(C)C)cc1)NC1CC1. The summed E-state index contributed by atoms with van der Waals surface area (Å²) in [6, 6.07) is 8.75. The summed E-state index contributed by atoms with van der Waals surface area (Å²) in [5, 5.41) is 16.9. The fourth-order valence-electron chi connectivity index (χ4n) is 2.23. The quantitative estimate of drug-likeness (QED) is 0.579. The zero-order valence-electron chi connectivity index (χ0n) is 14.2. The van der Waals surface area contributed by atoms with Crippen LogP contribution in [0.5, 0.6) is 0 Å². The first-order valence-corrected chi connectivity index (χ1v) is 8.23. The van der Waals surface area contributed by atoms with Crippen molar-refractivity contribution in [2.45, 2.75) is 58.1 Å². The molecule has 1 unspecified atom stereocenters. The molecule has 0 amide bonds. The molecule has 4 nitrogen and oxygen atoms in total. The molecule has 0 bridgehead atoms. The van der Waals surface area contributed by atoms with Crippen molar-refractivity contribution in [3.05, 3.63) is 35.4 Å². The number of hydrogen-bond acceptors (Lipinski definition) is 2. The lowest BCUT2D eigenvalue weighted by Crippen LogP contribution is -2.38. The van der Waals surface area contributed by atoms with Gasteiger partial charge in [-0.1, -0.05) is 45.0 Å². The molecule has 0 spiro atoms. The Morgan fingerprint density at radius 3 is 2.41 bits per heavy atom. The molecule has 1 aromatic rings. The number of hydrogen-bond donors (Lipinski definition) is 3. The fraction of sp³-hybridized carbons (Fsp3) is 0.611. The molecule has 0 heterocycles. The van der Waals surface area contributed by atoms with Gasteiger partial charge in [0.05, 0.1) is 12.6 Å². The van der Waals surface area contributed by atoms with Crippen LogP contribution in [0.15, 0.2) is 29.3 Å². The Morgan fingerprint density at radius 1 is 1.27 bits per heavy atom. The lowest BCUT2D eigenvalue weighted by molar-refractivity contribution is 0.187. The van der Waals surface area contributed by atoms with Gasteiger partial charge in [-0.15, -0.1) is 0 Å². The van der Waals surface area contributed by atoms with Crippen molar-refractivity contribution in [2.24, 2.45) is 4.99 Å². The van der Waals surface area contributed by atoms with Gasteiger partial charge in [0, 0.05) is 12.6 Å². The minimum absolute atomic E-state index is 0.133. The zero-order chi connectivity index (χ0) is 16.2. The van der Waals surface area contributed by atoms with E-state index in [2.05, 4.69) is 48.5 Å². The predicted octanol–water partition coefficient (Wildman–Crippen LogP) is 2.74. The molecule has 1 atom stereocenters. The van der Waals surface area contributed by atoms with Crippen molar-refractivity contribution in [1.29, 1.82) is 0 Å². The van der Waals surface area contributed by atoms with Crippen molar-refractivity contribution in [2.75, 3.05) is 13.1 Å². The van der Waals surface area contributed by atoms with E-state index < -0.39 is 6.10 Å². The number of nitrogens with one attached hydrogen (secondary N) is 2. The smallest absolute Gasteiger partial charge is 0.191 e. The summed E-state index contributed by atoms with van der Waals surface area (Å²) in [5.41, 5.74) is 2.32. The molecule has 4 heteroatoms. The van der Waals surface area contributed by atoms with Crippen molar-refractivity contribution in [3.63, 3.8) is 0 Å². The highest BCUT2D eigenvalue weighted by atomic mass is 16.3. The van der Waals surface area contributed by atoms with E-state index in [1.165, 1.54) is 18.4 Å². The Balaban J connectivity index is 1.96. The van der Waals surface area contributed by atoms with Gasteiger partial charge in [0.1, 0.15) is 0 Å². The molecular formula is C18H29N3O. The number of nitrogens with zero attached hydrogens (tertiary/aromatic N) is 1. The van der Waals surface area contributed by atoms with Gasteiger partial charge < -0.3 is 15.7 Å². The standard InChI is InChI=1S/C18H29N3O/c1-5-19-17(21-15-10-11-15)20-12-16(22)13-6-8-14(9-7-13)18(2,3)4/h6-9,15-16,22H,5,10-12H2,1-4H3,(H2,19,20,21). The molecule has 0 saturated heterocycles. The third-order valence-electron chi connectivity index (χ3n) is 3.85. The first-order valence-electron chi connectivity index (χ1n) is 8.23. The highest BCUT2D eigenvalue weighted by molar-refractivity contribution is 5.80. The van der Waals surface area contributed by atoms with Gasteiger partial charge in [0.2, 0.25) is 0 Å². The summed E-state index contributed by atoms with van der Waals surface area (Å²) >= 11 is 0. The molecule has 1 aliphatic carbocycles. The third kappa shape index (κ3) is 5.02. The molecule has 2 rings (SSSR count). The monoisotopic (exact) mass is 303 g/mol. The van der Waals surface area contributed by atoms with E-state index in [1.54, 1.807) is 0 Å². The van der Waals surface area contributed by atoms with E-state index in [0.29, 0.717) is 12.6 Å².